The van der Waals surface area contributed by atoms with Crippen molar-refractivity contribution in [2.45, 2.75) is 25.5 Å². The van der Waals surface area contributed by atoms with Gasteiger partial charge in [-0.15, -0.1) is 0 Å². The minimum Gasteiger partial charge on any atom is -0.355 e. The lowest BCUT2D eigenvalue weighted by atomic mass is 10.1. The molecule has 0 atom stereocenters. The Morgan fingerprint density at radius 2 is 1.92 bits per heavy atom. The number of nitriles is 1. The zero-order chi connectivity index (χ0) is 17.2. The first-order chi connectivity index (χ1) is 11.7. The Kier molecular flexibility index (Phi) is 7.38. The zero-order valence-electron chi connectivity index (χ0n) is 13.9. The van der Waals surface area contributed by atoms with Gasteiger partial charge < -0.3 is 5.32 Å². The maximum atomic E-state index is 11.9. The summed E-state index contributed by atoms with van der Waals surface area (Å²) in [5.41, 5.74) is 4.21. The van der Waals surface area contributed by atoms with Gasteiger partial charge in [-0.2, -0.15) is 17.0 Å². The van der Waals surface area contributed by atoms with Crippen LogP contribution in [0.15, 0.2) is 48.5 Å². The molecule has 0 fully saturated rings. The molecule has 0 unspecified atom stereocenters. The lowest BCUT2D eigenvalue weighted by molar-refractivity contribution is -0.120. The van der Waals surface area contributed by atoms with E-state index in [9.17, 15) is 4.79 Å². The average molecular weight is 338 g/mol. The molecule has 24 heavy (non-hydrogen) atoms. The molecule has 2 aromatic carbocycles. The number of carbonyl (C=O) groups is 1. The van der Waals surface area contributed by atoms with Gasteiger partial charge in [0.25, 0.3) is 0 Å². The molecule has 2 aromatic rings. The molecule has 0 bridgehead atoms. The fourth-order valence-corrected chi connectivity index (χ4v) is 3.16. The molecule has 0 radical (unpaired) electrons. The Hall–Kier alpha value is -2.25. The smallest absolute Gasteiger partial charge is 0.220 e. The van der Waals surface area contributed by atoms with Crippen molar-refractivity contribution in [1.82, 2.24) is 5.32 Å². The predicted octanol–water partition coefficient (Wildman–Crippen LogP) is 3.85. The molecular formula is C20H22N2OS. The molecule has 0 aliphatic heterocycles. The maximum absolute atomic E-state index is 11.9. The third kappa shape index (κ3) is 6.10. The van der Waals surface area contributed by atoms with Crippen molar-refractivity contribution >= 4 is 17.7 Å². The fourth-order valence-electron chi connectivity index (χ4n) is 2.30. The van der Waals surface area contributed by atoms with Gasteiger partial charge in [0.05, 0.1) is 11.6 Å². The molecule has 0 aliphatic carbocycles. The van der Waals surface area contributed by atoms with Crippen molar-refractivity contribution in [1.29, 1.82) is 5.26 Å². The summed E-state index contributed by atoms with van der Waals surface area (Å²) in [6.07, 6.45) is 1.29. The number of nitrogens with zero attached hydrogens (tertiary/aromatic N) is 1. The van der Waals surface area contributed by atoms with E-state index in [1.807, 2.05) is 24.3 Å². The fraction of sp³-hybridized carbons (Fsp3) is 0.300. The van der Waals surface area contributed by atoms with E-state index in [1.54, 1.807) is 11.8 Å². The number of nitrogens with one attached hydrogen (secondary N) is 1. The summed E-state index contributed by atoms with van der Waals surface area (Å²) >= 11 is 1.73. The van der Waals surface area contributed by atoms with Gasteiger partial charge in [0.1, 0.15) is 0 Å². The lowest BCUT2D eigenvalue weighted by Gasteiger charge is -2.06. The third-order valence-corrected chi connectivity index (χ3v) is 4.73. The third-order valence-electron chi connectivity index (χ3n) is 3.73. The first-order valence-electron chi connectivity index (χ1n) is 8.07. The summed E-state index contributed by atoms with van der Waals surface area (Å²) in [5.74, 6) is 1.73. The van der Waals surface area contributed by atoms with Gasteiger partial charge >= 0.3 is 0 Å². The van der Waals surface area contributed by atoms with Crippen LogP contribution >= 0.6 is 11.8 Å². The summed E-state index contributed by atoms with van der Waals surface area (Å²) in [7, 11) is 0. The second kappa shape index (κ2) is 9.79. The quantitative estimate of drug-likeness (QED) is 0.744. The van der Waals surface area contributed by atoms with E-state index >= 15 is 0 Å². The first kappa shape index (κ1) is 18.1. The van der Waals surface area contributed by atoms with Crippen LogP contribution < -0.4 is 5.32 Å². The first-order valence-corrected chi connectivity index (χ1v) is 9.22. The van der Waals surface area contributed by atoms with Crippen molar-refractivity contribution in [2.24, 2.45) is 0 Å². The minimum absolute atomic E-state index is 0.0913. The number of hydrogen-bond donors (Lipinski definition) is 1. The van der Waals surface area contributed by atoms with E-state index < -0.39 is 0 Å². The summed E-state index contributed by atoms with van der Waals surface area (Å²) in [6.45, 7) is 2.72. The Morgan fingerprint density at radius 3 is 2.67 bits per heavy atom. The zero-order valence-corrected chi connectivity index (χ0v) is 14.7. The van der Waals surface area contributed by atoms with Gasteiger partial charge in [0.15, 0.2) is 0 Å². The SMILES string of the molecule is Cc1ccc(CCC(=O)NCCSCc2ccccc2C#N)cc1. The molecule has 124 valence electrons. The number of carbonyl (C=O) groups excluding carboxylic acids is 1. The van der Waals surface area contributed by atoms with Crippen LogP contribution in [0.1, 0.15) is 28.7 Å². The number of thioether (sulfide) groups is 1. The summed E-state index contributed by atoms with van der Waals surface area (Å²) in [5, 5.41) is 12.0. The van der Waals surface area contributed by atoms with Gasteiger partial charge in [-0.1, -0.05) is 48.0 Å². The second-order valence-electron chi connectivity index (χ2n) is 5.66. The Morgan fingerprint density at radius 1 is 1.17 bits per heavy atom. The molecule has 2 rings (SSSR count). The highest BCUT2D eigenvalue weighted by atomic mass is 32.2. The molecule has 0 aliphatic rings. The average Bonchev–Trinajstić information content (AvgIpc) is 2.61. The minimum atomic E-state index is 0.0913. The highest BCUT2D eigenvalue weighted by molar-refractivity contribution is 7.98. The molecular weight excluding hydrogens is 316 g/mol. The Balaban J connectivity index is 1.61. The van der Waals surface area contributed by atoms with Gasteiger partial charge in [0, 0.05) is 24.5 Å². The van der Waals surface area contributed by atoms with Gasteiger partial charge in [-0.05, 0) is 30.5 Å². The molecule has 1 amide bonds. The van der Waals surface area contributed by atoms with Gasteiger partial charge in [-0.25, -0.2) is 0 Å². The standard InChI is InChI=1S/C20H22N2OS/c1-16-6-8-17(9-7-16)10-11-20(23)22-12-13-24-15-19-5-3-2-4-18(19)14-21/h2-9H,10-13,15H2,1H3,(H,22,23). The molecule has 1 N–H and O–H groups in total. The van der Waals surface area contributed by atoms with Crippen LogP contribution in [0.2, 0.25) is 0 Å². The van der Waals surface area contributed by atoms with E-state index in [-0.39, 0.29) is 5.91 Å². The van der Waals surface area contributed by atoms with Crippen LogP contribution in [0, 0.1) is 18.3 Å². The highest BCUT2D eigenvalue weighted by Gasteiger charge is 2.03. The van der Waals surface area contributed by atoms with Crippen molar-refractivity contribution in [3.8, 4) is 6.07 Å². The van der Waals surface area contributed by atoms with Crippen LogP contribution in [-0.4, -0.2) is 18.2 Å². The molecule has 0 heterocycles. The van der Waals surface area contributed by atoms with Crippen LogP contribution in [0.3, 0.4) is 0 Å². The number of amides is 1. The topological polar surface area (TPSA) is 52.9 Å². The Bertz CT molecular complexity index is 704. The maximum Gasteiger partial charge on any atom is 0.220 e. The van der Waals surface area contributed by atoms with Crippen LogP contribution in [0.5, 0.6) is 0 Å². The number of benzene rings is 2. The van der Waals surface area contributed by atoms with Crippen molar-refractivity contribution in [2.75, 3.05) is 12.3 Å². The lowest BCUT2D eigenvalue weighted by Crippen LogP contribution is -2.25. The van der Waals surface area contributed by atoms with Crippen LogP contribution in [0.4, 0.5) is 0 Å². The summed E-state index contributed by atoms with van der Waals surface area (Å²) in [4.78, 5) is 11.9. The molecule has 0 saturated heterocycles. The molecule has 4 heteroatoms. The van der Waals surface area contributed by atoms with Crippen molar-refractivity contribution in [3.05, 3.63) is 70.8 Å². The number of aryl methyl sites for hydroxylation is 2. The Labute approximate surface area is 148 Å². The van der Waals surface area contributed by atoms with E-state index in [2.05, 4.69) is 42.6 Å². The molecule has 0 saturated carbocycles. The second-order valence-corrected chi connectivity index (χ2v) is 6.76. The summed E-state index contributed by atoms with van der Waals surface area (Å²) < 4.78 is 0. The highest BCUT2D eigenvalue weighted by Crippen LogP contribution is 2.15. The van der Waals surface area contributed by atoms with Gasteiger partial charge in [0.2, 0.25) is 5.91 Å². The number of hydrogen-bond acceptors (Lipinski definition) is 3. The monoisotopic (exact) mass is 338 g/mol. The normalized spacial score (nSPS) is 10.2. The summed E-state index contributed by atoms with van der Waals surface area (Å²) in [6, 6.07) is 18.1. The van der Waals surface area contributed by atoms with Crippen LogP contribution in [-0.2, 0) is 17.0 Å². The van der Waals surface area contributed by atoms with E-state index in [0.29, 0.717) is 13.0 Å². The van der Waals surface area contributed by atoms with E-state index in [1.165, 1.54) is 11.1 Å². The molecule has 3 nitrogen and oxygen atoms in total. The van der Waals surface area contributed by atoms with Crippen molar-refractivity contribution < 1.29 is 4.79 Å². The van der Waals surface area contributed by atoms with Gasteiger partial charge in [-0.3, -0.25) is 4.79 Å². The largest absolute Gasteiger partial charge is 0.355 e. The van der Waals surface area contributed by atoms with Crippen LogP contribution in [0.25, 0.3) is 0 Å². The molecule has 0 aromatic heterocycles. The number of rotatable bonds is 8. The predicted molar refractivity (Wildman–Crippen MR) is 99.8 cm³/mol. The van der Waals surface area contributed by atoms with E-state index in [4.69, 9.17) is 5.26 Å². The van der Waals surface area contributed by atoms with E-state index in [0.717, 1.165) is 29.1 Å². The molecule has 0 spiro atoms. The van der Waals surface area contributed by atoms with Crippen molar-refractivity contribution in [3.63, 3.8) is 0 Å².